The maximum atomic E-state index is 10.0. The zero-order valence-corrected chi connectivity index (χ0v) is 12.0. The van der Waals surface area contributed by atoms with E-state index in [9.17, 15) is 5.11 Å². The third kappa shape index (κ3) is 4.80. The Morgan fingerprint density at radius 2 is 2.06 bits per heavy atom. The van der Waals surface area contributed by atoms with Gasteiger partial charge in [0, 0.05) is 22.0 Å². The molecule has 17 heavy (non-hydrogen) atoms. The number of halogens is 1. The molecule has 0 bridgehead atoms. The van der Waals surface area contributed by atoms with Crippen molar-refractivity contribution in [1.82, 2.24) is 0 Å². The highest BCUT2D eigenvalue weighted by Crippen LogP contribution is 2.27. The van der Waals surface area contributed by atoms with Crippen LogP contribution in [0.1, 0.15) is 38.9 Å². The number of aliphatic hydroxyl groups is 1. The van der Waals surface area contributed by atoms with E-state index in [-0.39, 0.29) is 5.41 Å². The van der Waals surface area contributed by atoms with E-state index in [0.717, 1.165) is 10.0 Å². The number of anilines is 1. The number of benzene rings is 1. The van der Waals surface area contributed by atoms with Gasteiger partial charge in [-0.3, -0.25) is 0 Å². The molecule has 0 saturated carbocycles. The van der Waals surface area contributed by atoms with Crippen LogP contribution in [-0.2, 0) is 0 Å². The van der Waals surface area contributed by atoms with Crippen molar-refractivity contribution in [2.24, 2.45) is 5.41 Å². The molecule has 2 nitrogen and oxygen atoms in total. The van der Waals surface area contributed by atoms with Gasteiger partial charge in [-0.15, -0.1) is 0 Å². The lowest BCUT2D eigenvalue weighted by atomic mass is 9.97. The lowest BCUT2D eigenvalue weighted by Crippen LogP contribution is -2.01. The molecule has 0 heterocycles. The summed E-state index contributed by atoms with van der Waals surface area (Å²) in [5.74, 6) is 6.12. The maximum Gasteiger partial charge on any atom is 0.0910 e. The summed E-state index contributed by atoms with van der Waals surface area (Å²) < 4.78 is 0.822. The number of rotatable bonds is 2. The molecule has 0 fully saturated rings. The summed E-state index contributed by atoms with van der Waals surface area (Å²) in [6, 6.07) is 5.39. The first-order valence-electron chi connectivity index (χ1n) is 5.52. The van der Waals surface area contributed by atoms with Gasteiger partial charge in [0.15, 0.2) is 0 Å². The molecular weight excluding hydrogens is 278 g/mol. The Bertz CT molecular complexity index is 452. The van der Waals surface area contributed by atoms with Gasteiger partial charge < -0.3 is 10.8 Å². The van der Waals surface area contributed by atoms with Crippen LogP contribution in [0.2, 0.25) is 0 Å². The second-order valence-corrected chi connectivity index (χ2v) is 5.91. The first-order valence-corrected chi connectivity index (χ1v) is 6.32. The van der Waals surface area contributed by atoms with Crippen molar-refractivity contribution >= 4 is 21.6 Å². The average Bonchev–Trinajstić information content (AvgIpc) is 2.15. The van der Waals surface area contributed by atoms with E-state index < -0.39 is 6.10 Å². The first kappa shape index (κ1) is 14.1. The molecule has 0 radical (unpaired) electrons. The standard InChI is InChI=1S/C14H18BrNO/c1-14(2,3)8-4-5-13(17)11-7-6-10(16)9-12(11)15/h6-7,9,13,17H,5,16H2,1-3H3. The third-order valence-electron chi connectivity index (χ3n) is 2.14. The van der Waals surface area contributed by atoms with E-state index in [1.807, 2.05) is 26.8 Å². The molecule has 92 valence electrons. The first-order chi connectivity index (χ1) is 7.79. The van der Waals surface area contributed by atoms with Crippen LogP contribution in [0.5, 0.6) is 0 Å². The molecule has 0 aliphatic heterocycles. The molecule has 1 unspecified atom stereocenters. The van der Waals surface area contributed by atoms with Crippen LogP contribution in [0.25, 0.3) is 0 Å². The fourth-order valence-corrected chi connectivity index (χ4v) is 2.00. The monoisotopic (exact) mass is 295 g/mol. The van der Waals surface area contributed by atoms with Gasteiger partial charge in [-0.1, -0.05) is 33.8 Å². The minimum atomic E-state index is -0.583. The second kappa shape index (κ2) is 5.57. The van der Waals surface area contributed by atoms with Crippen molar-refractivity contribution in [3.8, 4) is 11.8 Å². The van der Waals surface area contributed by atoms with Crippen LogP contribution in [0, 0.1) is 17.3 Å². The maximum absolute atomic E-state index is 10.0. The molecule has 1 rings (SSSR count). The highest BCUT2D eigenvalue weighted by atomic mass is 79.9. The molecule has 1 aromatic rings. The Balaban J connectivity index is 2.76. The van der Waals surface area contributed by atoms with Crippen molar-refractivity contribution in [3.63, 3.8) is 0 Å². The van der Waals surface area contributed by atoms with E-state index in [0.29, 0.717) is 12.1 Å². The van der Waals surface area contributed by atoms with Crippen molar-refractivity contribution in [2.75, 3.05) is 5.73 Å². The Kier molecular flexibility index (Phi) is 4.62. The predicted molar refractivity (Wildman–Crippen MR) is 75.4 cm³/mol. The molecule has 1 atom stereocenters. The highest BCUT2D eigenvalue weighted by molar-refractivity contribution is 9.10. The summed E-state index contributed by atoms with van der Waals surface area (Å²) in [7, 11) is 0. The highest BCUT2D eigenvalue weighted by Gasteiger charge is 2.10. The number of hydrogen-bond acceptors (Lipinski definition) is 2. The van der Waals surface area contributed by atoms with E-state index in [1.54, 1.807) is 12.1 Å². The van der Waals surface area contributed by atoms with Crippen molar-refractivity contribution < 1.29 is 5.11 Å². The lowest BCUT2D eigenvalue weighted by molar-refractivity contribution is 0.183. The zero-order chi connectivity index (χ0) is 13.1. The SMILES string of the molecule is CC(C)(C)C#CCC(O)c1ccc(N)cc1Br. The average molecular weight is 296 g/mol. The van der Waals surface area contributed by atoms with Gasteiger partial charge in [-0.2, -0.15) is 0 Å². The molecule has 0 aliphatic carbocycles. The van der Waals surface area contributed by atoms with E-state index >= 15 is 0 Å². The molecule has 0 aliphatic rings. The van der Waals surface area contributed by atoms with Gasteiger partial charge in [0.2, 0.25) is 0 Å². The van der Waals surface area contributed by atoms with Crippen LogP contribution in [0.3, 0.4) is 0 Å². The minimum absolute atomic E-state index is 0.0297. The fraction of sp³-hybridized carbons (Fsp3) is 0.429. The Morgan fingerprint density at radius 3 is 2.59 bits per heavy atom. The van der Waals surface area contributed by atoms with Gasteiger partial charge in [-0.25, -0.2) is 0 Å². The van der Waals surface area contributed by atoms with Gasteiger partial charge in [0.1, 0.15) is 0 Å². The van der Waals surface area contributed by atoms with Crippen molar-refractivity contribution in [1.29, 1.82) is 0 Å². The van der Waals surface area contributed by atoms with Crippen LogP contribution in [0.4, 0.5) is 5.69 Å². The topological polar surface area (TPSA) is 46.2 Å². The Morgan fingerprint density at radius 1 is 1.41 bits per heavy atom. The molecule has 0 aromatic heterocycles. The normalized spacial score (nSPS) is 12.8. The number of nitrogens with two attached hydrogens (primary N) is 1. The fourth-order valence-electron chi connectivity index (χ4n) is 1.34. The predicted octanol–water partition coefficient (Wildman–Crippen LogP) is 3.50. The van der Waals surface area contributed by atoms with Crippen LogP contribution in [-0.4, -0.2) is 5.11 Å². The Hall–Kier alpha value is -0.980. The zero-order valence-electron chi connectivity index (χ0n) is 10.4. The van der Waals surface area contributed by atoms with Gasteiger partial charge in [0.25, 0.3) is 0 Å². The largest absolute Gasteiger partial charge is 0.399 e. The quantitative estimate of drug-likeness (QED) is 0.648. The number of hydrogen-bond donors (Lipinski definition) is 2. The van der Waals surface area contributed by atoms with E-state index in [2.05, 4.69) is 27.8 Å². The Labute approximate surface area is 111 Å². The molecule has 0 amide bonds. The van der Waals surface area contributed by atoms with Gasteiger partial charge >= 0.3 is 0 Å². The number of nitrogen functional groups attached to an aromatic ring is 1. The van der Waals surface area contributed by atoms with Crippen LogP contribution < -0.4 is 5.73 Å². The molecular formula is C14H18BrNO. The van der Waals surface area contributed by atoms with E-state index in [4.69, 9.17) is 5.73 Å². The summed E-state index contributed by atoms with van der Waals surface area (Å²) in [5.41, 5.74) is 7.11. The summed E-state index contributed by atoms with van der Waals surface area (Å²) in [4.78, 5) is 0. The molecule has 3 heteroatoms. The summed E-state index contributed by atoms with van der Waals surface area (Å²) in [6.45, 7) is 6.14. The second-order valence-electron chi connectivity index (χ2n) is 5.05. The van der Waals surface area contributed by atoms with Crippen molar-refractivity contribution in [3.05, 3.63) is 28.2 Å². The van der Waals surface area contributed by atoms with Gasteiger partial charge in [-0.05, 0) is 38.5 Å². The minimum Gasteiger partial charge on any atom is -0.399 e. The third-order valence-corrected chi connectivity index (χ3v) is 2.83. The van der Waals surface area contributed by atoms with Crippen LogP contribution in [0.15, 0.2) is 22.7 Å². The molecule has 0 saturated heterocycles. The number of aliphatic hydroxyl groups excluding tert-OH is 1. The van der Waals surface area contributed by atoms with E-state index in [1.165, 1.54) is 0 Å². The molecule has 1 aromatic carbocycles. The summed E-state index contributed by atoms with van der Waals surface area (Å²) >= 11 is 3.39. The van der Waals surface area contributed by atoms with Crippen molar-refractivity contribution in [2.45, 2.75) is 33.3 Å². The lowest BCUT2D eigenvalue weighted by Gasteiger charge is -2.11. The van der Waals surface area contributed by atoms with Gasteiger partial charge in [0.05, 0.1) is 6.10 Å². The molecule has 0 spiro atoms. The summed E-state index contributed by atoms with van der Waals surface area (Å²) in [5, 5.41) is 10.0. The van der Waals surface area contributed by atoms with Crippen LogP contribution >= 0.6 is 15.9 Å². The molecule has 3 N–H and O–H groups in total. The smallest absolute Gasteiger partial charge is 0.0910 e. The summed E-state index contributed by atoms with van der Waals surface area (Å²) in [6.07, 6.45) is -0.153.